The lowest BCUT2D eigenvalue weighted by Crippen LogP contribution is -2.09. The van der Waals surface area contributed by atoms with Gasteiger partial charge in [-0.05, 0) is 43.0 Å². The van der Waals surface area contributed by atoms with E-state index in [1.54, 1.807) is 13.0 Å². The number of hydrogen-bond donors (Lipinski definition) is 3. The molecule has 0 bridgehead atoms. The third-order valence-electron chi connectivity index (χ3n) is 3.51. The molecular formula is C15H20N2O3. The number of aliphatic hydroxyl groups excluding tert-OH is 1. The van der Waals surface area contributed by atoms with Crippen LogP contribution in [0.3, 0.4) is 0 Å². The van der Waals surface area contributed by atoms with E-state index in [9.17, 15) is 9.90 Å². The molecule has 0 atom stereocenters. The fourth-order valence-corrected chi connectivity index (χ4v) is 2.54. The number of carboxylic acids is 1. The molecule has 0 radical (unpaired) electrons. The normalized spacial score (nSPS) is 11.2. The van der Waals surface area contributed by atoms with Crippen molar-refractivity contribution in [1.29, 1.82) is 0 Å². The van der Waals surface area contributed by atoms with Gasteiger partial charge in [0.2, 0.25) is 0 Å². The lowest BCUT2D eigenvalue weighted by Gasteiger charge is -2.06. The van der Waals surface area contributed by atoms with Gasteiger partial charge >= 0.3 is 5.97 Å². The summed E-state index contributed by atoms with van der Waals surface area (Å²) in [6.07, 6.45) is 3.41. The molecule has 2 aromatic rings. The maximum atomic E-state index is 11.3. The highest BCUT2D eigenvalue weighted by atomic mass is 16.4. The Balaban J connectivity index is 2.60. The van der Waals surface area contributed by atoms with E-state index in [1.807, 2.05) is 12.3 Å². The van der Waals surface area contributed by atoms with Crippen molar-refractivity contribution in [1.82, 2.24) is 4.57 Å². The fourth-order valence-electron chi connectivity index (χ4n) is 2.54. The summed E-state index contributed by atoms with van der Waals surface area (Å²) >= 11 is 0. The summed E-state index contributed by atoms with van der Waals surface area (Å²) in [5, 5.41) is 19.2. The number of rotatable bonds is 6. The molecule has 1 aromatic carbocycles. The molecule has 5 nitrogen and oxygen atoms in total. The summed E-state index contributed by atoms with van der Waals surface area (Å²) in [4.78, 5) is 11.3. The third-order valence-corrected chi connectivity index (χ3v) is 3.51. The van der Waals surface area contributed by atoms with E-state index in [0.29, 0.717) is 25.1 Å². The molecule has 2 rings (SSSR count). The second-order valence-electron chi connectivity index (χ2n) is 4.95. The zero-order valence-electron chi connectivity index (χ0n) is 11.6. The Kier molecular flexibility index (Phi) is 4.42. The SMILES string of the molecule is Cc1cc2c(cc1C(=O)O)c(CCCO)cn2CCN. The van der Waals surface area contributed by atoms with Crippen molar-refractivity contribution in [3.8, 4) is 0 Å². The number of aryl methyl sites for hydroxylation is 2. The van der Waals surface area contributed by atoms with Crippen LogP contribution >= 0.6 is 0 Å². The molecule has 0 fully saturated rings. The fraction of sp³-hybridized carbons (Fsp3) is 0.400. The van der Waals surface area contributed by atoms with Gasteiger partial charge in [-0.1, -0.05) is 0 Å². The topological polar surface area (TPSA) is 88.5 Å². The molecule has 0 saturated carbocycles. The number of carbonyl (C=O) groups is 1. The maximum absolute atomic E-state index is 11.3. The Labute approximate surface area is 117 Å². The zero-order chi connectivity index (χ0) is 14.7. The van der Waals surface area contributed by atoms with Gasteiger partial charge < -0.3 is 20.5 Å². The van der Waals surface area contributed by atoms with Gasteiger partial charge in [-0.2, -0.15) is 0 Å². The van der Waals surface area contributed by atoms with E-state index in [4.69, 9.17) is 10.8 Å². The molecule has 108 valence electrons. The first kappa shape index (κ1) is 14.6. The van der Waals surface area contributed by atoms with Gasteiger partial charge in [0.1, 0.15) is 0 Å². The zero-order valence-corrected chi connectivity index (χ0v) is 11.6. The van der Waals surface area contributed by atoms with Crippen LogP contribution in [0.25, 0.3) is 10.9 Å². The summed E-state index contributed by atoms with van der Waals surface area (Å²) in [7, 11) is 0. The van der Waals surface area contributed by atoms with Gasteiger partial charge in [0, 0.05) is 36.8 Å². The summed E-state index contributed by atoms with van der Waals surface area (Å²) in [5.74, 6) is -0.913. The van der Waals surface area contributed by atoms with Crippen molar-refractivity contribution in [3.63, 3.8) is 0 Å². The van der Waals surface area contributed by atoms with Crippen LogP contribution in [0, 0.1) is 6.92 Å². The molecule has 20 heavy (non-hydrogen) atoms. The lowest BCUT2D eigenvalue weighted by atomic mass is 10.0. The van der Waals surface area contributed by atoms with Crippen molar-refractivity contribution in [2.75, 3.05) is 13.2 Å². The van der Waals surface area contributed by atoms with Crippen LogP contribution in [0.2, 0.25) is 0 Å². The highest BCUT2D eigenvalue weighted by molar-refractivity contribution is 5.96. The highest BCUT2D eigenvalue weighted by Crippen LogP contribution is 2.26. The first-order chi connectivity index (χ1) is 9.58. The van der Waals surface area contributed by atoms with E-state index in [2.05, 4.69) is 4.57 Å². The molecule has 0 saturated heterocycles. The van der Waals surface area contributed by atoms with Crippen LogP contribution < -0.4 is 5.73 Å². The van der Waals surface area contributed by atoms with Gasteiger partial charge in [0.15, 0.2) is 0 Å². The smallest absolute Gasteiger partial charge is 0.335 e. The number of benzene rings is 1. The molecule has 0 aliphatic carbocycles. The Bertz CT molecular complexity index is 632. The first-order valence-corrected chi connectivity index (χ1v) is 6.75. The van der Waals surface area contributed by atoms with Crippen LogP contribution in [0.1, 0.15) is 27.9 Å². The minimum absolute atomic E-state index is 0.126. The van der Waals surface area contributed by atoms with Crippen LogP contribution in [-0.2, 0) is 13.0 Å². The quantitative estimate of drug-likeness (QED) is 0.746. The summed E-state index contributed by atoms with van der Waals surface area (Å²) in [6, 6.07) is 3.63. The van der Waals surface area contributed by atoms with Gasteiger partial charge in [0.05, 0.1) is 5.56 Å². The van der Waals surface area contributed by atoms with Gasteiger partial charge in [-0.25, -0.2) is 4.79 Å². The average Bonchev–Trinajstić information content (AvgIpc) is 2.73. The van der Waals surface area contributed by atoms with Crippen molar-refractivity contribution in [2.45, 2.75) is 26.3 Å². The second-order valence-corrected chi connectivity index (χ2v) is 4.95. The predicted octanol–water partition coefficient (Wildman–Crippen LogP) is 1.53. The highest BCUT2D eigenvalue weighted by Gasteiger charge is 2.14. The number of nitrogens with two attached hydrogens (primary N) is 1. The number of nitrogens with zero attached hydrogens (tertiary/aromatic N) is 1. The molecule has 0 spiro atoms. The van der Waals surface area contributed by atoms with Crippen molar-refractivity contribution in [3.05, 3.63) is 35.0 Å². The number of aliphatic hydroxyl groups is 1. The molecule has 0 aliphatic heterocycles. The monoisotopic (exact) mass is 276 g/mol. The minimum atomic E-state index is -0.913. The molecule has 0 unspecified atom stereocenters. The van der Waals surface area contributed by atoms with Gasteiger partial charge in [-0.15, -0.1) is 0 Å². The number of hydrogen-bond acceptors (Lipinski definition) is 3. The summed E-state index contributed by atoms with van der Waals surface area (Å²) in [6.45, 7) is 3.15. The van der Waals surface area contributed by atoms with Crippen LogP contribution in [-0.4, -0.2) is 33.9 Å². The van der Waals surface area contributed by atoms with E-state index in [0.717, 1.165) is 28.5 Å². The first-order valence-electron chi connectivity index (χ1n) is 6.75. The van der Waals surface area contributed by atoms with Crippen molar-refractivity contribution >= 4 is 16.9 Å². The third kappa shape index (κ3) is 2.69. The standard InChI is InChI=1S/C15H20N2O3/c1-10-7-14-13(8-12(10)15(19)20)11(3-2-6-18)9-17(14)5-4-16/h7-9,18H,2-6,16H2,1H3,(H,19,20). The molecule has 0 amide bonds. The second kappa shape index (κ2) is 6.07. The number of aromatic nitrogens is 1. The summed E-state index contributed by atoms with van der Waals surface area (Å²) < 4.78 is 2.06. The van der Waals surface area contributed by atoms with Gasteiger partial charge in [0.25, 0.3) is 0 Å². The number of fused-ring (bicyclic) bond motifs is 1. The molecule has 1 heterocycles. The van der Waals surface area contributed by atoms with E-state index in [1.165, 1.54) is 0 Å². The molecular weight excluding hydrogens is 256 g/mol. The lowest BCUT2D eigenvalue weighted by molar-refractivity contribution is 0.0696. The molecule has 4 N–H and O–H groups in total. The van der Waals surface area contributed by atoms with Crippen molar-refractivity contribution < 1.29 is 15.0 Å². The number of aromatic carboxylic acids is 1. The molecule has 0 aliphatic rings. The largest absolute Gasteiger partial charge is 0.478 e. The maximum Gasteiger partial charge on any atom is 0.335 e. The Hall–Kier alpha value is -1.85. The van der Waals surface area contributed by atoms with E-state index < -0.39 is 5.97 Å². The minimum Gasteiger partial charge on any atom is -0.478 e. The number of carboxylic acid groups (broad SMARTS) is 1. The van der Waals surface area contributed by atoms with Crippen LogP contribution in [0.5, 0.6) is 0 Å². The summed E-state index contributed by atoms with van der Waals surface area (Å²) in [5.41, 5.74) is 8.76. The van der Waals surface area contributed by atoms with E-state index >= 15 is 0 Å². The van der Waals surface area contributed by atoms with Crippen molar-refractivity contribution in [2.24, 2.45) is 5.73 Å². The Morgan fingerprint density at radius 1 is 1.40 bits per heavy atom. The molecule has 1 aromatic heterocycles. The van der Waals surface area contributed by atoms with Crippen LogP contribution in [0.15, 0.2) is 18.3 Å². The average molecular weight is 276 g/mol. The van der Waals surface area contributed by atoms with E-state index in [-0.39, 0.29) is 6.61 Å². The predicted molar refractivity (Wildman–Crippen MR) is 78.1 cm³/mol. The van der Waals surface area contributed by atoms with Crippen LogP contribution in [0.4, 0.5) is 0 Å². The molecule has 5 heteroatoms. The Morgan fingerprint density at radius 2 is 2.15 bits per heavy atom. The Morgan fingerprint density at radius 3 is 2.75 bits per heavy atom. The van der Waals surface area contributed by atoms with Gasteiger partial charge in [-0.3, -0.25) is 0 Å².